The molecule has 0 amide bonds. The molecule has 0 bridgehead atoms. The number of piperidine rings is 1. The molecule has 1 saturated heterocycles. The summed E-state index contributed by atoms with van der Waals surface area (Å²) in [4.78, 5) is 2.38. The summed E-state index contributed by atoms with van der Waals surface area (Å²) in [5.41, 5.74) is 2.28. The zero-order valence-corrected chi connectivity index (χ0v) is 16.3. The maximum Gasteiger partial charge on any atom is 0.161 e. The number of halogens is 1. The molecule has 3 rings (SSSR count). The molecule has 5 heteroatoms. The van der Waals surface area contributed by atoms with Crippen molar-refractivity contribution in [3.63, 3.8) is 0 Å². The monoisotopic (exact) mass is 374 g/mol. The molecule has 0 aliphatic carbocycles. The highest BCUT2D eigenvalue weighted by Crippen LogP contribution is 2.29. The Hall–Kier alpha value is -1.75. The predicted molar refractivity (Wildman–Crippen MR) is 106 cm³/mol. The lowest BCUT2D eigenvalue weighted by molar-refractivity contribution is 0.234. The van der Waals surface area contributed by atoms with Crippen molar-refractivity contribution in [2.24, 2.45) is 0 Å². The number of methoxy groups -OCH3 is 1. The van der Waals surface area contributed by atoms with Gasteiger partial charge in [-0.15, -0.1) is 0 Å². The molecule has 2 aromatic rings. The van der Waals surface area contributed by atoms with E-state index in [1.54, 1.807) is 7.11 Å². The van der Waals surface area contributed by atoms with Gasteiger partial charge in [0.2, 0.25) is 0 Å². The Morgan fingerprint density at radius 3 is 2.42 bits per heavy atom. The third kappa shape index (κ3) is 5.37. The summed E-state index contributed by atoms with van der Waals surface area (Å²) in [5, 5.41) is 4.39. The molecule has 0 aromatic heterocycles. The van der Waals surface area contributed by atoms with E-state index in [-0.39, 0.29) is 0 Å². The minimum atomic E-state index is 0.487. The Balaban J connectivity index is 1.55. The first-order valence-electron chi connectivity index (χ1n) is 9.10. The van der Waals surface area contributed by atoms with Crippen molar-refractivity contribution in [2.45, 2.75) is 32.0 Å². The second-order valence-electron chi connectivity index (χ2n) is 6.86. The molecule has 0 spiro atoms. The molecular weight excluding hydrogens is 348 g/mol. The molecule has 0 saturated carbocycles. The van der Waals surface area contributed by atoms with Crippen LogP contribution in [0.5, 0.6) is 11.5 Å². The van der Waals surface area contributed by atoms with Gasteiger partial charge in [0.25, 0.3) is 0 Å². The highest BCUT2D eigenvalue weighted by molar-refractivity contribution is 6.30. The van der Waals surface area contributed by atoms with E-state index in [2.05, 4.69) is 29.4 Å². The van der Waals surface area contributed by atoms with Gasteiger partial charge in [0, 0.05) is 17.6 Å². The molecule has 140 valence electrons. The predicted octanol–water partition coefficient (Wildman–Crippen LogP) is 4.11. The molecular formula is C21H27ClN2O2. The standard InChI is InChI=1S/C21H27ClN2O2/c1-24-11-9-19(10-12-24)23-14-17-5-8-20(21(13-17)25-2)26-15-16-3-6-18(22)7-4-16/h3-8,13,19,23H,9-12,14-15H2,1-2H3. The fourth-order valence-electron chi connectivity index (χ4n) is 3.16. The van der Waals surface area contributed by atoms with Gasteiger partial charge >= 0.3 is 0 Å². The first-order chi connectivity index (χ1) is 12.6. The zero-order valence-electron chi connectivity index (χ0n) is 15.5. The van der Waals surface area contributed by atoms with Crippen LogP contribution < -0.4 is 14.8 Å². The van der Waals surface area contributed by atoms with Crippen molar-refractivity contribution in [3.8, 4) is 11.5 Å². The van der Waals surface area contributed by atoms with Gasteiger partial charge in [-0.2, -0.15) is 0 Å². The Morgan fingerprint density at radius 2 is 1.73 bits per heavy atom. The van der Waals surface area contributed by atoms with Crippen LogP contribution in [0.15, 0.2) is 42.5 Å². The normalized spacial score (nSPS) is 15.8. The third-order valence-corrected chi connectivity index (χ3v) is 5.10. The maximum absolute atomic E-state index is 5.92. The number of rotatable bonds is 7. The number of hydrogen-bond acceptors (Lipinski definition) is 4. The number of ether oxygens (including phenoxy) is 2. The molecule has 1 aliphatic heterocycles. The second-order valence-corrected chi connectivity index (χ2v) is 7.30. The van der Waals surface area contributed by atoms with Crippen LogP contribution >= 0.6 is 11.6 Å². The average Bonchev–Trinajstić information content (AvgIpc) is 2.67. The van der Waals surface area contributed by atoms with Gasteiger partial charge in [0.15, 0.2) is 11.5 Å². The number of nitrogens with zero attached hydrogens (tertiary/aromatic N) is 1. The maximum atomic E-state index is 5.92. The van der Waals surface area contributed by atoms with E-state index in [1.165, 1.54) is 31.5 Å². The van der Waals surface area contributed by atoms with E-state index in [0.29, 0.717) is 12.6 Å². The fraction of sp³-hybridized carbons (Fsp3) is 0.429. The smallest absolute Gasteiger partial charge is 0.161 e. The molecule has 26 heavy (non-hydrogen) atoms. The Kier molecular flexibility index (Phi) is 6.78. The van der Waals surface area contributed by atoms with Crippen LogP contribution in [0.4, 0.5) is 0 Å². The summed E-state index contributed by atoms with van der Waals surface area (Å²) in [6, 6.07) is 14.4. The summed E-state index contributed by atoms with van der Waals surface area (Å²) >= 11 is 5.92. The Bertz CT molecular complexity index is 698. The lowest BCUT2D eigenvalue weighted by atomic mass is 10.1. The lowest BCUT2D eigenvalue weighted by Crippen LogP contribution is -2.40. The number of likely N-dealkylation sites (tertiary alicyclic amines) is 1. The topological polar surface area (TPSA) is 33.7 Å². The van der Waals surface area contributed by atoms with Crippen LogP contribution in [0.2, 0.25) is 5.02 Å². The van der Waals surface area contributed by atoms with Gasteiger partial charge in [-0.3, -0.25) is 0 Å². The van der Waals surface area contributed by atoms with Gasteiger partial charge in [-0.25, -0.2) is 0 Å². The third-order valence-electron chi connectivity index (χ3n) is 4.85. The van der Waals surface area contributed by atoms with Crippen LogP contribution in [-0.4, -0.2) is 38.2 Å². The summed E-state index contributed by atoms with van der Waals surface area (Å²) < 4.78 is 11.4. The van der Waals surface area contributed by atoms with Crippen molar-refractivity contribution in [1.29, 1.82) is 0 Å². The van der Waals surface area contributed by atoms with Crippen LogP contribution in [-0.2, 0) is 13.2 Å². The fourth-order valence-corrected chi connectivity index (χ4v) is 3.28. The zero-order chi connectivity index (χ0) is 18.4. The van der Waals surface area contributed by atoms with E-state index in [4.69, 9.17) is 21.1 Å². The van der Waals surface area contributed by atoms with Crippen molar-refractivity contribution in [2.75, 3.05) is 27.2 Å². The highest BCUT2D eigenvalue weighted by atomic mass is 35.5. The molecule has 1 aliphatic rings. The van der Waals surface area contributed by atoms with E-state index >= 15 is 0 Å². The van der Waals surface area contributed by atoms with Gasteiger partial charge in [0.05, 0.1) is 7.11 Å². The van der Waals surface area contributed by atoms with Crippen molar-refractivity contribution < 1.29 is 9.47 Å². The van der Waals surface area contributed by atoms with E-state index < -0.39 is 0 Å². The SMILES string of the molecule is COc1cc(CNC2CCN(C)CC2)ccc1OCc1ccc(Cl)cc1. The van der Waals surface area contributed by atoms with Gasteiger partial charge in [-0.05, 0) is 68.4 Å². The van der Waals surface area contributed by atoms with Gasteiger partial charge in [0.1, 0.15) is 6.61 Å². The minimum Gasteiger partial charge on any atom is -0.493 e. The molecule has 1 fully saturated rings. The second kappa shape index (κ2) is 9.26. The highest BCUT2D eigenvalue weighted by Gasteiger charge is 2.16. The average molecular weight is 375 g/mol. The van der Waals surface area contributed by atoms with Crippen molar-refractivity contribution in [3.05, 3.63) is 58.6 Å². The van der Waals surface area contributed by atoms with Gasteiger partial charge < -0.3 is 19.7 Å². The van der Waals surface area contributed by atoms with E-state index in [1.807, 2.05) is 30.3 Å². The van der Waals surface area contributed by atoms with E-state index in [9.17, 15) is 0 Å². The van der Waals surface area contributed by atoms with Crippen LogP contribution in [0.25, 0.3) is 0 Å². The van der Waals surface area contributed by atoms with Crippen molar-refractivity contribution >= 4 is 11.6 Å². The van der Waals surface area contributed by atoms with Gasteiger partial charge in [-0.1, -0.05) is 29.8 Å². The molecule has 0 atom stereocenters. The first-order valence-corrected chi connectivity index (χ1v) is 9.48. The summed E-state index contributed by atoms with van der Waals surface area (Å²) in [6.07, 6.45) is 2.41. The molecule has 1 N–H and O–H groups in total. The largest absolute Gasteiger partial charge is 0.493 e. The summed E-state index contributed by atoms with van der Waals surface area (Å²) in [7, 11) is 3.86. The quantitative estimate of drug-likeness (QED) is 0.790. The minimum absolute atomic E-state index is 0.487. The first kappa shape index (κ1) is 19.0. The molecule has 4 nitrogen and oxygen atoms in total. The number of nitrogens with one attached hydrogen (secondary N) is 1. The number of benzene rings is 2. The Morgan fingerprint density at radius 1 is 1.04 bits per heavy atom. The lowest BCUT2D eigenvalue weighted by Gasteiger charge is -2.29. The molecule has 0 unspecified atom stereocenters. The Labute approximate surface area is 161 Å². The molecule has 2 aromatic carbocycles. The van der Waals surface area contributed by atoms with E-state index in [0.717, 1.165) is 28.6 Å². The summed E-state index contributed by atoms with van der Waals surface area (Å²) in [5.74, 6) is 1.52. The summed E-state index contributed by atoms with van der Waals surface area (Å²) in [6.45, 7) is 3.67. The van der Waals surface area contributed by atoms with Crippen LogP contribution in [0.1, 0.15) is 24.0 Å². The van der Waals surface area contributed by atoms with Crippen LogP contribution in [0.3, 0.4) is 0 Å². The molecule has 1 heterocycles. The van der Waals surface area contributed by atoms with Crippen LogP contribution in [0, 0.1) is 0 Å². The molecule has 0 radical (unpaired) electrons. The van der Waals surface area contributed by atoms with Crippen molar-refractivity contribution in [1.82, 2.24) is 10.2 Å². The number of hydrogen-bond donors (Lipinski definition) is 1.